The summed E-state index contributed by atoms with van der Waals surface area (Å²) in [6.07, 6.45) is -2.92. The first-order chi connectivity index (χ1) is 22.5. The van der Waals surface area contributed by atoms with Crippen molar-refractivity contribution in [3.63, 3.8) is 0 Å². The van der Waals surface area contributed by atoms with Crippen molar-refractivity contribution < 1.29 is 68.5 Å². The Hall–Kier alpha value is -4.70. The first-order valence-corrected chi connectivity index (χ1v) is 15.6. The highest BCUT2D eigenvalue weighted by Gasteiger charge is 2.74. The van der Waals surface area contributed by atoms with Gasteiger partial charge in [0.15, 0.2) is 17.6 Å². The molecule has 9 atom stereocenters. The largest absolute Gasteiger partial charge is 0.504 e. The van der Waals surface area contributed by atoms with Crippen LogP contribution in [0.2, 0.25) is 0 Å². The predicted octanol–water partition coefficient (Wildman–Crippen LogP) is -0.213. The Kier molecular flexibility index (Phi) is 9.18. The number of ether oxygens (including phenoxy) is 3. The van der Waals surface area contributed by atoms with Gasteiger partial charge < -0.3 is 50.4 Å². The SMILES string of the molecule is CC1CC[C@]23c4c5ccc(O)c4O[C@H]2C(OC(=O)C[C@H](NC(=O)[C@H](C)O)C(=O)O)=CC[C@@]3(OC(=O)C[C@H](NC(=O)[C@H](C)O)C(=O)O)[C@H]1C5. The number of phenols is 1. The summed E-state index contributed by atoms with van der Waals surface area (Å²) in [5.41, 5.74) is -1.21. The minimum absolute atomic E-state index is 0.00774. The number of esters is 2. The Balaban J connectivity index is 1.51. The fourth-order valence-electron chi connectivity index (χ4n) is 7.72. The molecular formula is C32H38N2O14. The monoisotopic (exact) mass is 674 g/mol. The Morgan fingerprint density at radius 3 is 2.10 bits per heavy atom. The van der Waals surface area contributed by atoms with Crippen molar-refractivity contribution in [1.82, 2.24) is 10.6 Å². The summed E-state index contributed by atoms with van der Waals surface area (Å²) in [6, 6.07) is -0.201. The maximum absolute atomic E-state index is 13.6. The van der Waals surface area contributed by atoms with Crippen molar-refractivity contribution in [2.24, 2.45) is 11.8 Å². The number of carbonyl (C=O) groups is 6. The van der Waals surface area contributed by atoms with Crippen LogP contribution in [-0.2, 0) is 50.1 Å². The van der Waals surface area contributed by atoms with Gasteiger partial charge in [0.25, 0.3) is 0 Å². The van der Waals surface area contributed by atoms with Crippen molar-refractivity contribution in [3.05, 3.63) is 35.1 Å². The van der Waals surface area contributed by atoms with E-state index in [4.69, 9.17) is 14.2 Å². The number of aliphatic hydroxyl groups is 2. The zero-order chi connectivity index (χ0) is 35.3. The molecule has 2 amide bonds. The molecule has 16 nitrogen and oxygen atoms in total. The van der Waals surface area contributed by atoms with E-state index < -0.39 is 89.9 Å². The molecule has 0 radical (unpaired) electrons. The van der Waals surface area contributed by atoms with E-state index in [-0.39, 0.29) is 35.5 Å². The quantitative estimate of drug-likeness (QED) is 0.142. The van der Waals surface area contributed by atoms with Crippen LogP contribution < -0.4 is 15.4 Å². The van der Waals surface area contributed by atoms with Crippen molar-refractivity contribution in [1.29, 1.82) is 0 Å². The van der Waals surface area contributed by atoms with Crippen molar-refractivity contribution in [3.8, 4) is 11.5 Å². The molecule has 1 saturated carbocycles. The van der Waals surface area contributed by atoms with Crippen LogP contribution in [0.1, 0.15) is 64.0 Å². The molecule has 1 aromatic rings. The Bertz CT molecular complexity index is 1590. The van der Waals surface area contributed by atoms with Crippen LogP contribution in [0.25, 0.3) is 0 Å². The lowest BCUT2D eigenvalue weighted by Gasteiger charge is -2.62. The van der Waals surface area contributed by atoms with Crippen LogP contribution in [-0.4, -0.2) is 97.2 Å². The lowest BCUT2D eigenvalue weighted by Crippen LogP contribution is -2.70. The summed E-state index contributed by atoms with van der Waals surface area (Å²) in [5.74, 6) is -7.51. The smallest absolute Gasteiger partial charge is 0.326 e. The van der Waals surface area contributed by atoms with E-state index >= 15 is 0 Å². The van der Waals surface area contributed by atoms with Crippen molar-refractivity contribution in [2.75, 3.05) is 0 Å². The molecule has 2 bridgehead atoms. The predicted molar refractivity (Wildman–Crippen MR) is 159 cm³/mol. The molecule has 5 rings (SSSR count). The molecular weight excluding hydrogens is 636 g/mol. The number of aliphatic hydroxyl groups excluding tert-OH is 2. The van der Waals surface area contributed by atoms with Gasteiger partial charge in [-0.2, -0.15) is 0 Å². The maximum Gasteiger partial charge on any atom is 0.326 e. The summed E-state index contributed by atoms with van der Waals surface area (Å²) in [4.78, 5) is 74.5. The zero-order valence-corrected chi connectivity index (χ0v) is 26.4. The minimum Gasteiger partial charge on any atom is -0.504 e. The fraction of sp³-hybridized carbons (Fsp3) is 0.562. The number of carboxylic acid groups (broad SMARTS) is 2. The van der Waals surface area contributed by atoms with E-state index in [0.29, 0.717) is 24.8 Å². The number of rotatable bonds is 12. The molecule has 4 aliphatic rings. The Labute approximate surface area is 274 Å². The van der Waals surface area contributed by atoms with Crippen molar-refractivity contribution >= 4 is 35.7 Å². The number of aliphatic carboxylic acids is 2. The van der Waals surface area contributed by atoms with Gasteiger partial charge in [-0.25, -0.2) is 9.59 Å². The number of benzene rings is 1. The Morgan fingerprint density at radius 2 is 1.54 bits per heavy atom. The number of nitrogens with one attached hydrogen (secondary N) is 2. The number of hydrogen-bond acceptors (Lipinski definition) is 12. The molecule has 48 heavy (non-hydrogen) atoms. The van der Waals surface area contributed by atoms with Gasteiger partial charge in [-0.3, -0.25) is 19.2 Å². The van der Waals surface area contributed by atoms with E-state index in [2.05, 4.69) is 10.6 Å². The molecule has 1 heterocycles. The number of phenolic OH excluding ortho intramolecular Hbond substituents is 1. The molecule has 1 unspecified atom stereocenters. The second-order valence-electron chi connectivity index (χ2n) is 13.0. The Morgan fingerprint density at radius 1 is 0.958 bits per heavy atom. The summed E-state index contributed by atoms with van der Waals surface area (Å²) in [7, 11) is 0. The average Bonchev–Trinajstić information content (AvgIpc) is 3.36. The summed E-state index contributed by atoms with van der Waals surface area (Å²) in [5, 5.41) is 53.4. The van der Waals surface area contributed by atoms with E-state index in [1.165, 1.54) is 12.1 Å². The molecule has 0 aromatic heterocycles. The van der Waals surface area contributed by atoms with E-state index in [1.54, 1.807) is 6.07 Å². The first-order valence-electron chi connectivity index (χ1n) is 15.6. The second kappa shape index (κ2) is 12.7. The fourth-order valence-corrected chi connectivity index (χ4v) is 7.72. The van der Waals surface area contributed by atoms with Gasteiger partial charge in [-0.15, -0.1) is 0 Å². The third-order valence-electron chi connectivity index (χ3n) is 9.95. The molecule has 3 aliphatic carbocycles. The molecule has 16 heteroatoms. The lowest BCUT2D eigenvalue weighted by molar-refractivity contribution is -0.208. The maximum atomic E-state index is 13.6. The van der Waals surface area contributed by atoms with Gasteiger partial charge >= 0.3 is 23.9 Å². The third kappa shape index (κ3) is 5.72. The zero-order valence-electron chi connectivity index (χ0n) is 26.4. The minimum atomic E-state index is -1.72. The average molecular weight is 675 g/mol. The number of carboxylic acids is 2. The molecule has 1 aromatic carbocycles. The van der Waals surface area contributed by atoms with E-state index in [9.17, 15) is 54.3 Å². The van der Waals surface area contributed by atoms with Gasteiger partial charge in [0.1, 0.15) is 35.7 Å². The molecule has 260 valence electrons. The molecule has 0 saturated heterocycles. The molecule has 1 fully saturated rings. The summed E-state index contributed by atoms with van der Waals surface area (Å²) >= 11 is 0. The van der Waals surface area contributed by atoms with Gasteiger partial charge in [-0.05, 0) is 56.7 Å². The highest BCUT2D eigenvalue weighted by molar-refractivity contribution is 5.90. The van der Waals surface area contributed by atoms with Crippen LogP contribution in [0.4, 0.5) is 0 Å². The van der Waals surface area contributed by atoms with Gasteiger partial charge in [0.05, 0.1) is 18.3 Å². The second-order valence-corrected chi connectivity index (χ2v) is 13.0. The topological polar surface area (TPSA) is 255 Å². The first kappa shape index (κ1) is 34.6. The van der Waals surface area contributed by atoms with Gasteiger partial charge in [0.2, 0.25) is 11.8 Å². The van der Waals surface area contributed by atoms with Crippen LogP contribution in [0.3, 0.4) is 0 Å². The van der Waals surface area contributed by atoms with E-state index in [0.717, 1.165) is 19.4 Å². The third-order valence-corrected chi connectivity index (χ3v) is 9.95. The number of amides is 2. The van der Waals surface area contributed by atoms with Gasteiger partial charge in [-0.1, -0.05) is 13.0 Å². The normalized spacial score (nSPS) is 28.6. The molecule has 1 aliphatic heterocycles. The summed E-state index contributed by atoms with van der Waals surface area (Å²) < 4.78 is 18.4. The number of hydrogen-bond donors (Lipinski definition) is 7. The van der Waals surface area contributed by atoms with Crippen LogP contribution in [0, 0.1) is 11.8 Å². The number of carbonyl (C=O) groups excluding carboxylic acids is 4. The number of aromatic hydroxyl groups is 1. The van der Waals surface area contributed by atoms with Crippen LogP contribution >= 0.6 is 0 Å². The van der Waals surface area contributed by atoms with Crippen molar-refractivity contribution in [2.45, 2.75) is 101 Å². The lowest BCUT2D eigenvalue weighted by atomic mass is 9.44. The van der Waals surface area contributed by atoms with E-state index in [1.807, 2.05) is 6.92 Å². The van der Waals surface area contributed by atoms with Crippen LogP contribution in [0.15, 0.2) is 24.0 Å². The molecule has 1 spiro atoms. The summed E-state index contributed by atoms with van der Waals surface area (Å²) in [6.45, 7) is 4.28. The van der Waals surface area contributed by atoms with Gasteiger partial charge in [0, 0.05) is 17.9 Å². The highest BCUT2D eigenvalue weighted by Crippen LogP contribution is 2.69. The standard InChI is InChI=1S/C32H38N2O14/c1-13-6-8-31-24-16-4-5-20(37)25(24)47-26(31)21(46-22(38)11-18(29(42)43)33-27(40)14(2)35)7-9-32(31,17(13)10-16)48-23(39)12-19(30(44)45)34-28(41)15(3)36/h4-5,7,13-15,17-19,26,35-37H,6,8-12H2,1-3H3,(H,33,40)(H,34,41)(H,42,43)(H,44,45)/t13?,14-,15-,17-,18-,19-,26-,31-,32+/m0/s1. The van der Waals surface area contributed by atoms with Crippen LogP contribution in [0.5, 0.6) is 11.5 Å². The highest BCUT2D eigenvalue weighted by atomic mass is 16.6. The molecule has 7 N–H and O–H groups in total.